The van der Waals surface area contributed by atoms with Gasteiger partial charge in [-0.3, -0.25) is 0 Å². The Balaban J connectivity index is 1.74. The second-order valence-corrected chi connectivity index (χ2v) is 5.85. The van der Waals surface area contributed by atoms with Crippen molar-refractivity contribution in [3.63, 3.8) is 0 Å². The van der Waals surface area contributed by atoms with Crippen molar-refractivity contribution in [2.75, 3.05) is 43.4 Å². The van der Waals surface area contributed by atoms with Crippen molar-refractivity contribution in [1.29, 1.82) is 0 Å². The van der Waals surface area contributed by atoms with Gasteiger partial charge in [0.2, 0.25) is 0 Å². The molecule has 2 N–H and O–H groups in total. The summed E-state index contributed by atoms with van der Waals surface area (Å²) in [6.07, 6.45) is 5.73. The Kier molecular flexibility index (Phi) is 6.12. The third-order valence-electron chi connectivity index (χ3n) is 3.74. The van der Waals surface area contributed by atoms with Crippen molar-refractivity contribution >= 4 is 11.5 Å². The van der Waals surface area contributed by atoms with Gasteiger partial charge in [0.15, 0.2) is 0 Å². The summed E-state index contributed by atoms with van der Waals surface area (Å²) in [5.41, 5.74) is 1.16. The van der Waals surface area contributed by atoms with Crippen molar-refractivity contribution in [2.24, 2.45) is 5.92 Å². The van der Waals surface area contributed by atoms with E-state index < -0.39 is 0 Å². The van der Waals surface area contributed by atoms with Crippen LogP contribution in [0.1, 0.15) is 33.1 Å². The molecule has 1 saturated heterocycles. The quantitative estimate of drug-likeness (QED) is 0.765. The Labute approximate surface area is 123 Å². The van der Waals surface area contributed by atoms with Crippen LogP contribution in [0.25, 0.3) is 0 Å². The summed E-state index contributed by atoms with van der Waals surface area (Å²) in [6, 6.07) is 4.14. The van der Waals surface area contributed by atoms with E-state index in [0.29, 0.717) is 5.92 Å². The van der Waals surface area contributed by atoms with Crippen LogP contribution in [-0.2, 0) is 0 Å². The average molecular weight is 276 g/mol. The fourth-order valence-electron chi connectivity index (χ4n) is 2.65. The first-order valence-electron chi connectivity index (χ1n) is 7.94. The Hall–Kier alpha value is -1.29. The van der Waals surface area contributed by atoms with E-state index in [1.807, 2.05) is 12.3 Å². The van der Waals surface area contributed by atoms with Crippen LogP contribution < -0.4 is 10.6 Å². The molecule has 0 spiro atoms. The SMILES string of the molecule is CCCNc1cc(NCC(C)CN2CCCC2)ccn1. The number of hydrogen-bond donors (Lipinski definition) is 2. The van der Waals surface area contributed by atoms with Gasteiger partial charge in [-0.2, -0.15) is 0 Å². The Bertz CT molecular complexity index is 388. The fraction of sp³-hybridized carbons (Fsp3) is 0.688. The third-order valence-corrected chi connectivity index (χ3v) is 3.74. The van der Waals surface area contributed by atoms with Gasteiger partial charge in [0.1, 0.15) is 5.82 Å². The molecule has 0 saturated carbocycles. The minimum atomic E-state index is 0.674. The summed E-state index contributed by atoms with van der Waals surface area (Å²) in [6.45, 7) is 10.3. The van der Waals surface area contributed by atoms with Crippen LogP contribution >= 0.6 is 0 Å². The maximum atomic E-state index is 4.33. The molecule has 20 heavy (non-hydrogen) atoms. The number of nitrogens with zero attached hydrogens (tertiary/aromatic N) is 2. The molecule has 1 fully saturated rings. The third kappa shape index (κ3) is 5.00. The second kappa shape index (κ2) is 8.10. The molecule has 0 aliphatic carbocycles. The molecular formula is C16H28N4. The van der Waals surface area contributed by atoms with Crippen molar-refractivity contribution in [3.8, 4) is 0 Å². The summed E-state index contributed by atoms with van der Waals surface area (Å²) in [4.78, 5) is 6.90. The number of aromatic nitrogens is 1. The van der Waals surface area contributed by atoms with E-state index in [0.717, 1.165) is 31.0 Å². The van der Waals surface area contributed by atoms with Gasteiger partial charge >= 0.3 is 0 Å². The largest absolute Gasteiger partial charge is 0.385 e. The van der Waals surface area contributed by atoms with Crippen LogP contribution in [-0.4, -0.2) is 42.6 Å². The maximum Gasteiger partial charge on any atom is 0.127 e. The van der Waals surface area contributed by atoms with E-state index in [2.05, 4.69) is 40.4 Å². The molecule has 1 aliphatic heterocycles. The summed E-state index contributed by atoms with van der Waals surface area (Å²) in [5, 5.41) is 6.85. The van der Waals surface area contributed by atoms with Crippen molar-refractivity contribution in [2.45, 2.75) is 33.1 Å². The standard InChI is InChI=1S/C16H28N4/c1-3-7-17-16-11-15(6-8-18-16)19-12-14(2)13-20-9-4-5-10-20/h6,8,11,14H,3-5,7,9-10,12-13H2,1-2H3,(H2,17,18,19). The van der Waals surface area contributed by atoms with Gasteiger partial charge in [-0.15, -0.1) is 0 Å². The topological polar surface area (TPSA) is 40.2 Å². The van der Waals surface area contributed by atoms with E-state index in [9.17, 15) is 0 Å². The monoisotopic (exact) mass is 276 g/mol. The smallest absolute Gasteiger partial charge is 0.127 e. The van der Waals surface area contributed by atoms with Crippen molar-refractivity contribution in [3.05, 3.63) is 18.3 Å². The molecule has 4 nitrogen and oxygen atoms in total. The van der Waals surface area contributed by atoms with E-state index in [1.54, 1.807) is 0 Å². The van der Waals surface area contributed by atoms with Crippen LogP contribution in [0.3, 0.4) is 0 Å². The Morgan fingerprint density at radius 1 is 1.30 bits per heavy atom. The first kappa shape index (κ1) is 15.1. The van der Waals surface area contributed by atoms with Crippen LogP contribution in [0.15, 0.2) is 18.3 Å². The van der Waals surface area contributed by atoms with E-state index in [-0.39, 0.29) is 0 Å². The number of nitrogens with one attached hydrogen (secondary N) is 2. The molecule has 0 bridgehead atoms. The number of rotatable bonds is 8. The van der Waals surface area contributed by atoms with Crippen LogP contribution in [0.4, 0.5) is 11.5 Å². The molecule has 1 aromatic rings. The lowest BCUT2D eigenvalue weighted by atomic mass is 10.1. The zero-order chi connectivity index (χ0) is 14.2. The van der Waals surface area contributed by atoms with Crippen molar-refractivity contribution in [1.82, 2.24) is 9.88 Å². The maximum absolute atomic E-state index is 4.33. The van der Waals surface area contributed by atoms with Crippen molar-refractivity contribution < 1.29 is 0 Å². The van der Waals surface area contributed by atoms with Gasteiger partial charge in [-0.25, -0.2) is 4.98 Å². The van der Waals surface area contributed by atoms with Gasteiger partial charge < -0.3 is 15.5 Å². The lowest BCUT2D eigenvalue weighted by Crippen LogP contribution is -2.28. The highest BCUT2D eigenvalue weighted by Gasteiger charge is 2.14. The zero-order valence-electron chi connectivity index (χ0n) is 12.9. The molecule has 2 rings (SSSR count). The molecule has 1 aliphatic rings. The van der Waals surface area contributed by atoms with E-state index in [1.165, 1.54) is 32.5 Å². The number of pyridine rings is 1. The van der Waals surface area contributed by atoms with Gasteiger partial charge in [0.25, 0.3) is 0 Å². The minimum Gasteiger partial charge on any atom is -0.385 e. The van der Waals surface area contributed by atoms with Crippen LogP contribution in [0, 0.1) is 5.92 Å². The first-order chi connectivity index (χ1) is 9.78. The highest BCUT2D eigenvalue weighted by atomic mass is 15.1. The van der Waals surface area contributed by atoms with E-state index in [4.69, 9.17) is 0 Å². The lowest BCUT2D eigenvalue weighted by Gasteiger charge is -2.21. The highest BCUT2D eigenvalue weighted by Crippen LogP contribution is 2.14. The van der Waals surface area contributed by atoms with Gasteiger partial charge in [0.05, 0.1) is 0 Å². The predicted molar refractivity (Wildman–Crippen MR) is 86.3 cm³/mol. The van der Waals surface area contributed by atoms with Crippen LogP contribution in [0.2, 0.25) is 0 Å². The van der Waals surface area contributed by atoms with E-state index >= 15 is 0 Å². The normalized spacial score (nSPS) is 17.1. The molecular weight excluding hydrogens is 248 g/mol. The second-order valence-electron chi connectivity index (χ2n) is 5.85. The molecule has 0 aromatic carbocycles. The minimum absolute atomic E-state index is 0.674. The number of hydrogen-bond acceptors (Lipinski definition) is 4. The fourth-order valence-corrected chi connectivity index (χ4v) is 2.65. The molecule has 112 valence electrons. The van der Waals surface area contributed by atoms with Crippen LogP contribution in [0.5, 0.6) is 0 Å². The molecule has 4 heteroatoms. The van der Waals surface area contributed by atoms with Gasteiger partial charge in [0, 0.05) is 37.6 Å². The molecule has 0 amide bonds. The van der Waals surface area contributed by atoms with Gasteiger partial charge in [-0.05, 0) is 44.3 Å². The molecule has 1 unspecified atom stereocenters. The molecule has 1 atom stereocenters. The summed E-state index contributed by atoms with van der Waals surface area (Å²) >= 11 is 0. The highest BCUT2D eigenvalue weighted by molar-refractivity contribution is 5.51. The average Bonchev–Trinajstić information content (AvgIpc) is 2.96. The molecule has 1 aromatic heterocycles. The number of likely N-dealkylation sites (tertiary alicyclic amines) is 1. The zero-order valence-corrected chi connectivity index (χ0v) is 12.9. The molecule has 2 heterocycles. The number of anilines is 2. The summed E-state index contributed by atoms with van der Waals surface area (Å²) in [5.74, 6) is 1.64. The summed E-state index contributed by atoms with van der Waals surface area (Å²) < 4.78 is 0. The first-order valence-corrected chi connectivity index (χ1v) is 7.94. The predicted octanol–water partition coefficient (Wildman–Crippen LogP) is 3.05. The molecule has 0 radical (unpaired) electrons. The summed E-state index contributed by atoms with van der Waals surface area (Å²) in [7, 11) is 0. The Morgan fingerprint density at radius 3 is 2.85 bits per heavy atom. The Morgan fingerprint density at radius 2 is 2.10 bits per heavy atom. The lowest BCUT2D eigenvalue weighted by molar-refractivity contribution is 0.294. The van der Waals surface area contributed by atoms with Gasteiger partial charge in [-0.1, -0.05) is 13.8 Å².